The third kappa shape index (κ3) is 9.40. The van der Waals surface area contributed by atoms with Crippen LogP contribution in [0.5, 0.6) is 0 Å². The molecule has 0 aliphatic heterocycles. The Kier molecular flexibility index (Phi) is 13.6. The highest BCUT2D eigenvalue weighted by atomic mass is 35.5. The molecule has 464 valence electrons. The van der Waals surface area contributed by atoms with E-state index in [9.17, 15) is 0 Å². The van der Waals surface area contributed by atoms with Crippen molar-refractivity contribution in [2.24, 2.45) is 0 Å². The minimum atomic E-state index is 0.282. The van der Waals surface area contributed by atoms with Gasteiger partial charge in [-0.2, -0.15) is 0 Å². The predicted octanol–water partition coefficient (Wildman–Crippen LogP) is 26.5. The molecule has 0 aliphatic rings. The summed E-state index contributed by atoms with van der Waals surface area (Å²) < 4.78 is 10.1. The highest BCUT2D eigenvalue weighted by Gasteiger charge is 2.26. The van der Waals surface area contributed by atoms with Crippen LogP contribution in [0.2, 0.25) is 5.28 Å². The standard InChI is InChI=1S/C44H25N3S2.C22H13ClN2S.C22H13NS/c1-2-13-26(14-3-1)27-15-12-16-28(25-27)40-38-33-21-8-11-24-36(33)49-43(38)46-44(45-40)47-34-22-9-6-19-31(34)39-41(47)30-18-5-4-17-29(30)37-32-20-7-10-23-35(32)48-42(37)39;23-22-24-20(19-17-11-4-5-12-18(17)26-21(19)25-22)16-10-6-9-15(13-16)14-7-2-1-3-8-14;1-2-8-14-13(7-1)19-16-10-4-6-12-18(16)24-22(19)20-15-9-3-5-11-17(15)23-21(14)20/h1-25H;1-13H;1-12,23H. The number of para-hydroxylation sites is 2. The average Bonchev–Trinajstić information content (AvgIpc) is 1.56. The number of hydrogen-bond acceptors (Lipinski definition) is 8. The van der Waals surface area contributed by atoms with E-state index in [1.165, 1.54) is 131 Å². The minimum Gasteiger partial charge on any atom is -0.354 e. The molecule has 22 aromatic rings. The first-order valence-corrected chi connectivity index (χ1v) is 36.5. The number of benzene rings is 14. The van der Waals surface area contributed by atoms with Crippen molar-refractivity contribution in [1.82, 2.24) is 29.5 Å². The number of aromatic amines is 1. The lowest BCUT2D eigenvalue weighted by Crippen LogP contribution is -2.03. The summed E-state index contributed by atoms with van der Waals surface area (Å²) >= 11 is 13.4. The average molecular weight is 1360 g/mol. The largest absolute Gasteiger partial charge is 0.354 e. The first-order valence-electron chi connectivity index (χ1n) is 32.9. The number of halogens is 1. The van der Waals surface area contributed by atoms with E-state index in [1.807, 2.05) is 53.0 Å². The lowest BCUT2D eigenvalue weighted by Gasteiger charge is -2.12. The van der Waals surface area contributed by atoms with Gasteiger partial charge in [-0.05, 0) is 93.2 Å². The molecule has 0 bridgehead atoms. The van der Waals surface area contributed by atoms with Crippen molar-refractivity contribution in [2.45, 2.75) is 0 Å². The number of nitrogens with one attached hydrogen (secondary N) is 1. The molecule has 99 heavy (non-hydrogen) atoms. The van der Waals surface area contributed by atoms with Crippen LogP contribution in [-0.2, 0) is 0 Å². The zero-order valence-electron chi connectivity index (χ0n) is 52.6. The number of aromatic nitrogens is 6. The molecule has 22 rings (SSSR count). The van der Waals surface area contributed by atoms with E-state index in [2.05, 4.69) is 293 Å². The number of hydrogen-bond donors (Lipinski definition) is 1. The quantitative estimate of drug-likeness (QED) is 0.174. The third-order valence-corrected chi connectivity index (χ3v) is 23.9. The molecule has 0 aliphatic carbocycles. The van der Waals surface area contributed by atoms with Crippen LogP contribution in [-0.4, -0.2) is 29.5 Å². The Morgan fingerprint density at radius 3 is 1.26 bits per heavy atom. The van der Waals surface area contributed by atoms with Gasteiger partial charge in [-0.25, -0.2) is 19.9 Å². The Morgan fingerprint density at radius 2 is 0.687 bits per heavy atom. The SMILES string of the molecule is Clc1nc(-c2cccc(-c3ccccc3)c2)c2c(n1)sc1ccccc12.c1ccc(-c2cccc(-c3nc(-n4c5ccccc5c5c6sc7ccccc7c6c6ccccc6c54)nc4sc5ccccc5c34)c2)cc1.c1ccc2c(c1)[nH]c1c3ccccc3c3c4ccccc4sc3c21. The summed E-state index contributed by atoms with van der Waals surface area (Å²) in [7, 11) is 0. The van der Waals surface area contributed by atoms with Crippen LogP contribution < -0.4 is 0 Å². The van der Waals surface area contributed by atoms with Crippen molar-refractivity contribution in [2.75, 3.05) is 0 Å². The van der Waals surface area contributed by atoms with Crippen LogP contribution in [0.3, 0.4) is 0 Å². The monoisotopic (exact) mass is 1350 g/mol. The Hall–Kier alpha value is -11.5. The normalized spacial score (nSPS) is 11.9. The van der Waals surface area contributed by atoms with Gasteiger partial charge < -0.3 is 4.98 Å². The van der Waals surface area contributed by atoms with Crippen molar-refractivity contribution in [3.63, 3.8) is 0 Å². The Labute approximate surface area is 587 Å². The molecule has 0 spiro atoms. The number of thiophene rings is 4. The van der Waals surface area contributed by atoms with Gasteiger partial charge in [0.15, 0.2) is 0 Å². The third-order valence-electron chi connectivity index (χ3n) is 19.3. The minimum absolute atomic E-state index is 0.282. The fraction of sp³-hybridized carbons (Fsp3) is 0. The molecule has 6 nitrogen and oxygen atoms in total. The molecular formula is C88H51ClN6S4. The van der Waals surface area contributed by atoms with Gasteiger partial charge >= 0.3 is 0 Å². The van der Waals surface area contributed by atoms with Gasteiger partial charge in [-0.3, -0.25) is 4.57 Å². The Morgan fingerprint density at radius 1 is 0.283 bits per heavy atom. The van der Waals surface area contributed by atoms with E-state index in [0.717, 1.165) is 59.5 Å². The highest BCUT2D eigenvalue weighted by Crippen LogP contribution is 2.50. The summed E-state index contributed by atoms with van der Waals surface area (Å²) in [5, 5.41) is 20.5. The summed E-state index contributed by atoms with van der Waals surface area (Å²) in [6, 6.07) is 108. The number of H-pyrrole nitrogens is 1. The summed E-state index contributed by atoms with van der Waals surface area (Å²) in [5.74, 6) is 0.691. The van der Waals surface area contributed by atoms with Crippen LogP contribution in [0.25, 0.3) is 197 Å². The maximum Gasteiger partial charge on any atom is 0.236 e. The summed E-state index contributed by atoms with van der Waals surface area (Å²) in [6.45, 7) is 0. The molecule has 0 fully saturated rings. The van der Waals surface area contributed by atoms with E-state index in [0.29, 0.717) is 5.95 Å². The van der Waals surface area contributed by atoms with Gasteiger partial charge in [0, 0.05) is 120 Å². The van der Waals surface area contributed by atoms with Crippen molar-refractivity contribution >= 4 is 203 Å². The molecule has 8 aromatic heterocycles. The van der Waals surface area contributed by atoms with Crippen LogP contribution in [0, 0.1) is 0 Å². The number of rotatable bonds is 5. The maximum absolute atomic E-state index is 6.24. The second-order valence-corrected chi connectivity index (χ2v) is 29.4. The zero-order valence-corrected chi connectivity index (χ0v) is 56.6. The summed E-state index contributed by atoms with van der Waals surface area (Å²) in [5.41, 5.74) is 13.4. The van der Waals surface area contributed by atoms with E-state index < -0.39 is 0 Å². The van der Waals surface area contributed by atoms with Crippen LogP contribution in [0.15, 0.2) is 303 Å². The first-order chi connectivity index (χ1) is 49.0. The smallest absolute Gasteiger partial charge is 0.236 e. The van der Waals surface area contributed by atoms with Gasteiger partial charge in [0.05, 0.1) is 27.9 Å². The molecule has 0 atom stereocenters. The molecule has 0 saturated heterocycles. The fourth-order valence-corrected chi connectivity index (χ4v) is 19.9. The molecule has 1 N–H and O–H groups in total. The highest BCUT2D eigenvalue weighted by molar-refractivity contribution is 7.28. The lowest BCUT2D eigenvalue weighted by atomic mass is 9.99. The van der Waals surface area contributed by atoms with Crippen molar-refractivity contribution < 1.29 is 0 Å². The van der Waals surface area contributed by atoms with Crippen LogP contribution in [0.1, 0.15) is 0 Å². The van der Waals surface area contributed by atoms with Gasteiger partial charge in [0.2, 0.25) is 11.2 Å². The zero-order chi connectivity index (χ0) is 65.2. The second-order valence-electron chi connectivity index (χ2n) is 24.9. The van der Waals surface area contributed by atoms with Crippen molar-refractivity contribution in [3.05, 3.63) is 309 Å². The van der Waals surface area contributed by atoms with Gasteiger partial charge in [-0.1, -0.05) is 255 Å². The Bertz CT molecular complexity index is 7020. The molecule has 0 unspecified atom stereocenters. The van der Waals surface area contributed by atoms with E-state index in [1.54, 1.807) is 22.7 Å². The first kappa shape index (κ1) is 57.7. The molecular weight excluding hydrogens is 1300 g/mol. The Balaban J connectivity index is 0.000000111. The van der Waals surface area contributed by atoms with Crippen molar-refractivity contribution in [3.8, 4) is 50.7 Å². The topological polar surface area (TPSA) is 72.3 Å². The number of nitrogens with zero attached hydrogens (tertiary/aromatic N) is 5. The van der Waals surface area contributed by atoms with Gasteiger partial charge in [0.1, 0.15) is 9.66 Å². The van der Waals surface area contributed by atoms with Gasteiger partial charge in [-0.15, -0.1) is 45.3 Å². The van der Waals surface area contributed by atoms with Crippen molar-refractivity contribution in [1.29, 1.82) is 0 Å². The van der Waals surface area contributed by atoms with Crippen LogP contribution in [0.4, 0.5) is 0 Å². The summed E-state index contributed by atoms with van der Waals surface area (Å²) in [4.78, 5) is 25.6. The van der Waals surface area contributed by atoms with Gasteiger partial charge in [0.25, 0.3) is 0 Å². The number of fused-ring (bicyclic) bond motifs is 26. The lowest BCUT2D eigenvalue weighted by molar-refractivity contribution is 1.02. The predicted molar refractivity (Wildman–Crippen MR) is 428 cm³/mol. The molecule has 0 saturated carbocycles. The molecule has 0 amide bonds. The van der Waals surface area contributed by atoms with E-state index in [4.69, 9.17) is 21.6 Å². The molecule has 8 heterocycles. The van der Waals surface area contributed by atoms with E-state index in [-0.39, 0.29) is 5.28 Å². The van der Waals surface area contributed by atoms with Crippen LogP contribution >= 0.6 is 56.9 Å². The maximum atomic E-state index is 6.24. The molecule has 11 heteroatoms. The van der Waals surface area contributed by atoms with E-state index >= 15 is 0 Å². The fourth-order valence-electron chi connectivity index (χ4n) is 15.0. The second kappa shape index (κ2) is 23.4. The summed E-state index contributed by atoms with van der Waals surface area (Å²) in [6.07, 6.45) is 0. The molecule has 14 aromatic carbocycles. The molecule has 0 radical (unpaired) electrons.